The van der Waals surface area contributed by atoms with Gasteiger partial charge in [-0.25, -0.2) is 4.98 Å². The van der Waals surface area contributed by atoms with Crippen molar-refractivity contribution in [2.24, 2.45) is 11.7 Å². The van der Waals surface area contributed by atoms with Crippen molar-refractivity contribution < 1.29 is 25.2 Å². The summed E-state index contributed by atoms with van der Waals surface area (Å²) in [6, 6.07) is -0.647. The number of nitrogens with one attached hydrogen (secondary N) is 1. The van der Waals surface area contributed by atoms with Crippen molar-refractivity contribution in [1.82, 2.24) is 19.5 Å². The number of aromatic amines is 1. The number of nitrogens with zero attached hydrogens (tertiary/aromatic N) is 3. The number of hydrogen-bond acceptors (Lipinski definition) is 8. The van der Waals surface area contributed by atoms with Gasteiger partial charge in [-0.2, -0.15) is 4.98 Å². The van der Waals surface area contributed by atoms with Crippen LogP contribution in [-0.2, 0) is 21.0 Å². The van der Waals surface area contributed by atoms with Gasteiger partial charge in [-0.3, -0.25) is 19.1 Å². The molecule has 0 spiro atoms. The van der Waals surface area contributed by atoms with Gasteiger partial charge in [-0.05, 0) is 5.92 Å². The molecule has 12 nitrogen and oxygen atoms in total. The average Bonchev–Trinajstić information content (AvgIpc) is 2.89. The minimum atomic E-state index is -0.647. The Morgan fingerprint density at radius 3 is 2.62 bits per heavy atom. The summed E-state index contributed by atoms with van der Waals surface area (Å²) < 4.78 is 11.9. The van der Waals surface area contributed by atoms with Crippen LogP contribution in [0.4, 0.5) is 5.95 Å². The largest absolute Gasteiger partial charge is 0.462 e. The quantitative estimate of drug-likeness (QED) is 0.349. The van der Waals surface area contributed by atoms with Crippen molar-refractivity contribution in [3.8, 4) is 0 Å². The summed E-state index contributed by atoms with van der Waals surface area (Å²) in [7, 11) is 0. The highest BCUT2D eigenvalue weighted by molar-refractivity contribution is 5.85. The summed E-state index contributed by atoms with van der Waals surface area (Å²) in [6.07, 6.45) is 1.42. The summed E-state index contributed by atoms with van der Waals surface area (Å²) in [6.45, 7) is 4.04. The zero-order chi connectivity index (χ0) is 17.0. The number of carbonyl (C=O) groups is 1. The molecule has 9 N–H and O–H groups in total. The van der Waals surface area contributed by atoms with Gasteiger partial charge in [-0.15, -0.1) is 12.4 Å². The van der Waals surface area contributed by atoms with Crippen LogP contribution in [0.5, 0.6) is 0 Å². The molecule has 0 saturated heterocycles. The molecule has 0 amide bonds. The number of fused-ring (bicyclic) bond motifs is 1. The van der Waals surface area contributed by atoms with E-state index in [4.69, 9.17) is 20.9 Å². The van der Waals surface area contributed by atoms with Crippen LogP contribution in [0.3, 0.4) is 0 Å². The maximum atomic E-state index is 11.6. The Hall–Kier alpha value is -2.25. The van der Waals surface area contributed by atoms with Crippen molar-refractivity contribution in [3.63, 3.8) is 0 Å². The molecule has 0 aromatic carbocycles. The number of aromatic nitrogens is 4. The number of anilines is 1. The molecule has 2 aromatic rings. The van der Waals surface area contributed by atoms with Crippen LogP contribution < -0.4 is 17.0 Å². The lowest BCUT2D eigenvalue weighted by molar-refractivity contribution is -0.148. The predicted molar refractivity (Wildman–Crippen MR) is 96.8 cm³/mol. The molecule has 0 radical (unpaired) electrons. The highest BCUT2D eigenvalue weighted by Crippen LogP contribution is 2.06. The summed E-state index contributed by atoms with van der Waals surface area (Å²) in [5, 5.41) is 0. The number of H-pyrrole nitrogens is 1. The molecule has 0 aliphatic heterocycles. The standard InChI is InChI=1S/C13H20N6O4.ClH.2H2O/c1-7(2)8(14)12(21)23-4-3-22-6-19-5-16-9-10(19)17-13(15)18-11(9)20;;;/h5,7-8H,3-4,6,14H2,1-2H3,(H3,15,17,18,20);1H;2*1H2/t8-;;;/m0.../s1. The van der Waals surface area contributed by atoms with Crippen molar-refractivity contribution >= 4 is 35.5 Å². The molecule has 2 aromatic heterocycles. The van der Waals surface area contributed by atoms with Crippen LogP contribution in [-0.4, -0.2) is 55.7 Å². The molecule has 0 bridgehead atoms. The fourth-order valence-electron chi connectivity index (χ4n) is 1.80. The van der Waals surface area contributed by atoms with E-state index in [1.807, 2.05) is 13.8 Å². The molecule has 0 aliphatic rings. The maximum Gasteiger partial charge on any atom is 0.323 e. The van der Waals surface area contributed by atoms with Crippen molar-refractivity contribution in [2.75, 3.05) is 18.9 Å². The zero-order valence-corrected chi connectivity index (χ0v) is 15.2. The van der Waals surface area contributed by atoms with Crippen LogP contribution in [0.2, 0.25) is 0 Å². The van der Waals surface area contributed by atoms with Crippen molar-refractivity contribution in [3.05, 3.63) is 16.7 Å². The van der Waals surface area contributed by atoms with E-state index in [9.17, 15) is 9.59 Å². The lowest BCUT2D eigenvalue weighted by Crippen LogP contribution is -2.37. The number of hydrogen-bond donors (Lipinski definition) is 3. The van der Waals surface area contributed by atoms with E-state index < -0.39 is 17.6 Å². The van der Waals surface area contributed by atoms with E-state index in [-0.39, 0.29) is 60.7 Å². The number of nitrogens with two attached hydrogens (primary N) is 2. The highest BCUT2D eigenvalue weighted by Gasteiger charge is 2.18. The van der Waals surface area contributed by atoms with E-state index in [1.54, 1.807) is 0 Å². The lowest BCUT2D eigenvalue weighted by atomic mass is 10.1. The van der Waals surface area contributed by atoms with Gasteiger partial charge in [0.1, 0.15) is 19.4 Å². The smallest absolute Gasteiger partial charge is 0.323 e. The van der Waals surface area contributed by atoms with Gasteiger partial charge >= 0.3 is 5.97 Å². The first-order valence-corrected chi connectivity index (χ1v) is 7.10. The lowest BCUT2D eigenvalue weighted by Gasteiger charge is -2.14. The van der Waals surface area contributed by atoms with Crippen LogP contribution in [0.1, 0.15) is 13.8 Å². The van der Waals surface area contributed by atoms with E-state index in [0.717, 1.165) is 0 Å². The number of halogens is 1. The first-order chi connectivity index (χ1) is 10.9. The van der Waals surface area contributed by atoms with Crippen molar-refractivity contribution in [1.29, 1.82) is 0 Å². The summed E-state index contributed by atoms with van der Waals surface area (Å²) in [5.74, 6) is -0.450. The maximum absolute atomic E-state index is 11.6. The Balaban J connectivity index is 0. The molecule has 2 heterocycles. The van der Waals surface area contributed by atoms with Gasteiger partial charge in [-0.1, -0.05) is 13.8 Å². The number of nitrogen functional groups attached to an aromatic ring is 1. The SMILES string of the molecule is CC(C)[C@H](N)C(=O)OCCOCn1cnc2c(=O)[nH]c(N)nc21.Cl.O.O. The molecule has 13 heteroatoms. The average molecular weight is 397 g/mol. The Bertz CT molecular complexity index is 748. The van der Waals surface area contributed by atoms with Crippen LogP contribution in [0, 0.1) is 5.92 Å². The summed E-state index contributed by atoms with van der Waals surface area (Å²) >= 11 is 0. The number of carbonyl (C=O) groups excluding carboxylic acids is 1. The normalized spacial score (nSPS) is 11.2. The Morgan fingerprint density at radius 2 is 2.00 bits per heavy atom. The Labute approximate surface area is 154 Å². The molecule has 2 rings (SSSR count). The second-order valence-electron chi connectivity index (χ2n) is 5.31. The summed E-state index contributed by atoms with van der Waals surface area (Å²) in [5.41, 5.74) is 11.2. The van der Waals surface area contributed by atoms with Crippen molar-refractivity contribution in [2.45, 2.75) is 26.6 Å². The molecular formula is C13H25ClN6O6. The van der Waals surface area contributed by atoms with E-state index >= 15 is 0 Å². The first kappa shape index (κ1) is 26.0. The van der Waals surface area contributed by atoms with Gasteiger partial charge in [0, 0.05) is 0 Å². The second kappa shape index (κ2) is 11.4. The fraction of sp³-hybridized carbons (Fsp3) is 0.538. The van der Waals surface area contributed by atoms with Crippen LogP contribution in [0.15, 0.2) is 11.1 Å². The number of ether oxygens (including phenoxy) is 2. The topological polar surface area (TPSA) is 214 Å². The third kappa shape index (κ3) is 6.24. The third-order valence-corrected chi connectivity index (χ3v) is 3.19. The van der Waals surface area contributed by atoms with E-state index in [2.05, 4.69) is 15.0 Å². The highest BCUT2D eigenvalue weighted by atomic mass is 35.5. The molecule has 0 saturated carbocycles. The number of esters is 1. The minimum absolute atomic E-state index is 0. The second-order valence-corrected chi connectivity index (χ2v) is 5.31. The monoisotopic (exact) mass is 396 g/mol. The van der Waals surface area contributed by atoms with Gasteiger partial charge in [0.2, 0.25) is 5.95 Å². The first-order valence-electron chi connectivity index (χ1n) is 7.10. The molecule has 0 unspecified atom stereocenters. The molecule has 26 heavy (non-hydrogen) atoms. The van der Waals surface area contributed by atoms with Gasteiger partial charge in [0.25, 0.3) is 5.56 Å². The molecule has 1 atom stereocenters. The predicted octanol–water partition coefficient (Wildman–Crippen LogP) is -2.03. The van der Waals surface area contributed by atoms with Crippen LogP contribution in [0.25, 0.3) is 11.2 Å². The minimum Gasteiger partial charge on any atom is -0.462 e. The molecule has 0 fully saturated rings. The number of rotatable bonds is 7. The fourth-order valence-corrected chi connectivity index (χ4v) is 1.80. The number of imidazole rings is 1. The molecule has 0 aliphatic carbocycles. The zero-order valence-electron chi connectivity index (χ0n) is 14.4. The molecule has 150 valence electrons. The van der Waals surface area contributed by atoms with Crippen LogP contribution >= 0.6 is 12.4 Å². The van der Waals surface area contributed by atoms with Gasteiger partial charge < -0.3 is 31.9 Å². The van der Waals surface area contributed by atoms with E-state index in [1.165, 1.54) is 10.9 Å². The Morgan fingerprint density at radius 1 is 1.35 bits per heavy atom. The Kier molecular flexibility index (Phi) is 11.4. The third-order valence-electron chi connectivity index (χ3n) is 3.19. The van der Waals surface area contributed by atoms with E-state index in [0.29, 0.717) is 5.65 Å². The molecular weight excluding hydrogens is 372 g/mol. The van der Waals surface area contributed by atoms with Gasteiger partial charge in [0.05, 0.1) is 12.9 Å². The summed E-state index contributed by atoms with van der Waals surface area (Å²) in [4.78, 5) is 33.5. The van der Waals surface area contributed by atoms with Gasteiger partial charge in [0.15, 0.2) is 11.2 Å².